The summed E-state index contributed by atoms with van der Waals surface area (Å²) in [7, 11) is 0. The standard InChI is InChI=1S/C23H44N2O5/c1-8-9-10-11-12-14-19(15-13-16-20(26)24-17(2)3)29-21(27)18(4)25-22(28)30-23(5,6)7/h17-19H,8-16H2,1-7H3,(H,24,26)(H,25,28)/t18-,19?/m0/s1. The van der Waals surface area contributed by atoms with Gasteiger partial charge in [0.15, 0.2) is 0 Å². The highest BCUT2D eigenvalue weighted by Gasteiger charge is 2.24. The first-order valence-corrected chi connectivity index (χ1v) is 11.4. The Morgan fingerprint density at radius 3 is 2.03 bits per heavy atom. The van der Waals surface area contributed by atoms with E-state index in [0.717, 1.165) is 19.3 Å². The molecule has 176 valence electrons. The Bertz CT molecular complexity index is 514. The fourth-order valence-corrected chi connectivity index (χ4v) is 2.93. The molecule has 0 radical (unpaired) electrons. The number of carbonyl (C=O) groups is 3. The average Bonchev–Trinajstić information content (AvgIpc) is 2.58. The zero-order chi connectivity index (χ0) is 23.2. The lowest BCUT2D eigenvalue weighted by Gasteiger charge is -2.23. The Hall–Kier alpha value is -1.79. The number of ether oxygens (including phenoxy) is 2. The van der Waals surface area contributed by atoms with Gasteiger partial charge in [-0.1, -0.05) is 32.6 Å². The van der Waals surface area contributed by atoms with Crippen LogP contribution in [-0.4, -0.2) is 41.8 Å². The molecule has 0 saturated carbocycles. The van der Waals surface area contributed by atoms with Gasteiger partial charge in [0.2, 0.25) is 5.91 Å². The predicted molar refractivity (Wildman–Crippen MR) is 119 cm³/mol. The number of carbonyl (C=O) groups excluding carboxylic acids is 3. The fourth-order valence-electron chi connectivity index (χ4n) is 2.93. The lowest BCUT2D eigenvalue weighted by Crippen LogP contribution is -2.43. The molecule has 0 aliphatic heterocycles. The second kappa shape index (κ2) is 15.1. The lowest BCUT2D eigenvalue weighted by molar-refractivity contribution is -0.152. The van der Waals surface area contributed by atoms with Gasteiger partial charge in [-0.15, -0.1) is 0 Å². The van der Waals surface area contributed by atoms with Crippen molar-refractivity contribution in [2.45, 2.75) is 130 Å². The molecular formula is C23H44N2O5. The first kappa shape index (κ1) is 28.2. The first-order chi connectivity index (χ1) is 13.9. The van der Waals surface area contributed by atoms with E-state index in [0.29, 0.717) is 19.3 Å². The Morgan fingerprint density at radius 2 is 1.47 bits per heavy atom. The fraction of sp³-hybridized carbons (Fsp3) is 0.870. The normalized spacial score (nSPS) is 13.5. The van der Waals surface area contributed by atoms with E-state index in [1.54, 1.807) is 27.7 Å². The van der Waals surface area contributed by atoms with Crippen LogP contribution in [0.15, 0.2) is 0 Å². The third kappa shape index (κ3) is 16.1. The summed E-state index contributed by atoms with van der Waals surface area (Å²) in [6.07, 6.45) is 7.18. The van der Waals surface area contributed by atoms with Crippen LogP contribution in [-0.2, 0) is 19.1 Å². The molecule has 0 spiro atoms. The van der Waals surface area contributed by atoms with Gasteiger partial charge in [0.05, 0.1) is 0 Å². The number of unbranched alkanes of at least 4 members (excludes halogenated alkanes) is 4. The van der Waals surface area contributed by atoms with Crippen LogP contribution in [0.5, 0.6) is 0 Å². The number of amides is 2. The number of rotatable bonds is 14. The number of nitrogens with one attached hydrogen (secondary N) is 2. The van der Waals surface area contributed by atoms with Crippen LogP contribution in [0.2, 0.25) is 0 Å². The van der Waals surface area contributed by atoms with E-state index in [4.69, 9.17) is 9.47 Å². The molecule has 0 fully saturated rings. The van der Waals surface area contributed by atoms with Crippen LogP contribution in [0.25, 0.3) is 0 Å². The minimum atomic E-state index is -0.799. The molecule has 7 heteroatoms. The zero-order valence-corrected chi connectivity index (χ0v) is 20.1. The number of esters is 1. The Morgan fingerprint density at radius 1 is 0.867 bits per heavy atom. The summed E-state index contributed by atoms with van der Waals surface area (Å²) in [5.74, 6) is -0.468. The summed E-state index contributed by atoms with van der Waals surface area (Å²) in [4.78, 5) is 36.2. The minimum Gasteiger partial charge on any atom is -0.461 e. The minimum absolute atomic E-state index is 0.0120. The first-order valence-electron chi connectivity index (χ1n) is 11.4. The monoisotopic (exact) mass is 428 g/mol. The van der Waals surface area contributed by atoms with Crippen molar-refractivity contribution in [1.82, 2.24) is 10.6 Å². The highest BCUT2D eigenvalue weighted by atomic mass is 16.6. The highest BCUT2D eigenvalue weighted by molar-refractivity contribution is 5.81. The van der Waals surface area contributed by atoms with Crippen LogP contribution in [0.4, 0.5) is 4.79 Å². The predicted octanol–water partition coefficient (Wildman–Crippen LogP) is 4.87. The smallest absolute Gasteiger partial charge is 0.408 e. The lowest BCUT2D eigenvalue weighted by atomic mass is 10.0. The van der Waals surface area contributed by atoms with Gasteiger partial charge in [-0.05, 0) is 67.2 Å². The average molecular weight is 429 g/mol. The number of hydrogen-bond donors (Lipinski definition) is 2. The molecule has 0 aromatic heterocycles. The van der Waals surface area contributed by atoms with Crippen LogP contribution in [0, 0.1) is 0 Å². The van der Waals surface area contributed by atoms with Crippen molar-refractivity contribution >= 4 is 18.0 Å². The van der Waals surface area contributed by atoms with E-state index < -0.39 is 23.7 Å². The maximum Gasteiger partial charge on any atom is 0.408 e. The molecule has 0 aliphatic rings. The highest BCUT2D eigenvalue weighted by Crippen LogP contribution is 2.16. The van der Waals surface area contributed by atoms with Crippen LogP contribution in [0.3, 0.4) is 0 Å². The van der Waals surface area contributed by atoms with E-state index in [2.05, 4.69) is 17.6 Å². The molecule has 2 N–H and O–H groups in total. The molecule has 0 heterocycles. The second-order valence-electron chi connectivity index (χ2n) is 9.24. The molecule has 7 nitrogen and oxygen atoms in total. The summed E-state index contributed by atoms with van der Waals surface area (Å²) in [6, 6.07) is -0.684. The van der Waals surface area contributed by atoms with Gasteiger partial charge >= 0.3 is 12.1 Å². The van der Waals surface area contributed by atoms with E-state index in [1.165, 1.54) is 19.3 Å². The Kier molecular flexibility index (Phi) is 14.2. The van der Waals surface area contributed by atoms with Crippen molar-refractivity contribution in [3.8, 4) is 0 Å². The van der Waals surface area contributed by atoms with Gasteiger partial charge in [0, 0.05) is 12.5 Å². The summed E-state index contributed by atoms with van der Waals surface area (Å²) in [5, 5.41) is 5.40. The van der Waals surface area contributed by atoms with Crippen molar-refractivity contribution in [3.63, 3.8) is 0 Å². The van der Waals surface area contributed by atoms with Gasteiger partial charge in [0.1, 0.15) is 17.7 Å². The molecule has 30 heavy (non-hydrogen) atoms. The van der Waals surface area contributed by atoms with Crippen molar-refractivity contribution in [1.29, 1.82) is 0 Å². The van der Waals surface area contributed by atoms with E-state index in [-0.39, 0.29) is 18.1 Å². The summed E-state index contributed by atoms with van der Waals surface area (Å²) in [6.45, 7) is 12.9. The molecular weight excluding hydrogens is 384 g/mol. The Balaban J connectivity index is 4.61. The van der Waals surface area contributed by atoms with Gasteiger partial charge in [-0.3, -0.25) is 4.79 Å². The maximum absolute atomic E-state index is 12.5. The molecule has 0 saturated heterocycles. The molecule has 0 aromatic rings. The van der Waals surface area contributed by atoms with Crippen LogP contribution >= 0.6 is 0 Å². The third-order valence-corrected chi connectivity index (χ3v) is 4.38. The summed E-state index contributed by atoms with van der Waals surface area (Å²) in [5.41, 5.74) is -0.634. The van der Waals surface area contributed by atoms with Crippen molar-refractivity contribution < 1.29 is 23.9 Å². The SMILES string of the molecule is CCCCCCCC(CCCC(=O)NC(C)C)OC(=O)[C@H](C)NC(=O)OC(C)(C)C. The van der Waals surface area contributed by atoms with E-state index in [1.807, 2.05) is 13.8 Å². The molecule has 0 rings (SSSR count). The molecule has 2 atom stereocenters. The second-order valence-corrected chi connectivity index (χ2v) is 9.24. The number of alkyl carbamates (subject to hydrolysis) is 1. The van der Waals surface area contributed by atoms with Gasteiger partial charge in [0.25, 0.3) is 0 Å². The van der Waals surface area contributed by atoms with Crippen molar-refractivity contribution in [2.24, 2.45) is 0 Å². The van der Waals surface area contributed by atoms with Crippen LogP contribution in [0.1, 0.15) is 106 Å². The third-order valence-electron chi connectivity index (χ3n) is 4.38. The van der Waals surface area contributed by atoms with E-state index >= 15 is 0 Å². The molecule has 1 unspecified atom stereocenters. The van der Waals surface area contributed by atoms with Crippen molar-refractivity contribution in [3.05, 3.63) is 0 Å². The van der Waals surface area contributed by atoms with Gasteiger partial charge < -0.3 is 20.1 Å². The van der Waals surface area contributed by atoms with E-state index in [9.17, 15) is 14.4 Å². The summed E-state index contributed by atoms with van der Waals surface area (Å²) < 4.78 is 10.9. The van der Waals surface area contributed by atoms with Gasteiger partial charge in [-0.25, -0.2) is 9.59 Å². The maximum atomic E-state index is 12.5. The molecule has 0 aromatic carbocycles. The molecule has 2 amide bonds. The van der Waals surface area contributed by atoms with Crippen LogP contribution < -0.4 is 10.6 Å². The Labute approximate surface area is 183 Å². The molecule has 0 bridgehead atoms. The molecule has 0 aliphatic carbocycles. The number of hydrogen-bond acceptors (Lipinski definition) is 5. The largest absolute Gasteiger partial charge is 0.461 e. The quantitative estimate of drug-likeness (QED) is 0.304. The van der Waals surface area contributed by atoms with Gasteiger partial charge in [-0.2, -0.15) is 0 Å². The summed E-state index contributed by atoms with van der Waals surface area (Å²) >= 11 is 0. The topological polar surface area (TPSA) is 93.7 Å². The zero-order valence-electron chi connectivity index (χ0n) is 20.1. The van der Waals surface area contributed by atoms with Crippen molar-refractivity contribution in [2.75, 3.05) is 0 Å².